The zero-order chi connectivity index (χ0) is 23.7. The number of piperidine rings is 1. The Hall–Kier alpha value is -2.33. The van der Waals surface area contributed by atoms with Crippen LogP contribution >= 0.6 is 0 Å². The monoisotopic (exact) mass is 466 g/mol. The number of methoxy groups -OCH3 is 1. The molecule has 2 saturated heterocycles. The smallest absolute Gasteiger partial charge is 0.313 e. The number of carbonyl (C=O) groups excluding carboxylic acids is 2. The molecule has 0 saturated carbocycles. The maximum Gasteiger partial charge on any atom is 0.313 e. The first-order valence-electron chi connectivity index (χ1n) is 10.9. The Balaban J connectivity index is 1.73. The number of amides is 2. The van der Waals surface area contributed by atoms with E-state index in [2.05, 4.69) is 43.6 Å². The number of rotatable bonds is 4. The van der Waals surface area contributed by atoms with Gasteiger partial charge in [-0.15, -0.1) is 0 Å². The molecular formula is C22H34N4O5S. The van der Waals surface area contributed by atoms with E-state index in [0.717, 1.165) is 6.42 Å². The van der Waals surface area contributed by atoms with Gasteiger partial charge in [-0.3, -0.25) is 13.9 Å². The number of hydrogen-bond acceptors (Lipinski definition) is 6. The van der Waals surface area contributed by atoms with E-state index in [1.54, 1.807) is 12.1 Å². The number of hydrogen-bond donors (Lipinski definition) is 3. The van der Waals surface area contributed by atoms with Gasteiger partial charge in [-0.2, -0.15) is 0 Å². The maximum atomic E-state index is 12.6. The van der Waals surface area contributed by atoms with Crippen LogP contribution in [0.5, 0.6) is 5.75 Å². The van der Waals surface area contributed by atoms with Crippen LogP contribution in [-0.4, -0.2) is 56.8 Å². The lowest BCUT2D eigenvalue weighted by Gasteiger charge is -2.46. The van der Waals surface area contributed by atoms with Gasteiger partial charge in [0.15, 0.2) is 0 Å². The molecule has 2 amide bonds. The largest absolute Gasteiger partial charge is 0.495 e. The molecule has 3 N–H and O–H groups in total. The van der Waals surface area contributed by atoms with E-state index in [-0.39, 0.29) is 22.9 Å². The van der Waals surface area contributed by atoms with Gasteiger partial charge in [0.05, 0.1) is 18.6 Å². The summed E-state index contributed by atoms with van der Waals surface area (Å²) in [6.45, 7) is 8.63. The Labute approximate surface area is 190 Å². The highest BCUT2D eigenvalue weighted by molar-refractivity contribution is 7.92. The molecule has 1 aromatic carbocycles. The summed E-state index contributed by atoms with van der Waals surface area (Å²) in [5, 5.41) is 8.97. The van der Waals surface area contributed by atoms with Crippen LogP contribution in [0.15, 0.2) is 18.2 Å². The molecule has 0 radical (unpaired) electrons. The second kappa shape index (κ2) is 8.90. The van der Waals surface area contributed by atoms with Crippen LogP contribution in [0, 0.1) is 0 Å². The summed E-state index contributed by atoms with van der Waals surface area (Å²) in [6, 6.07) is 4.57. The number of nitrogens with one attached hydrogen (secondary N) is 3. The van der Waals surface area contributed by atoms with E-state index in [0.29, 0.717) is 42.9 Å². The molecule has 0 bridgehead atoms. The molecule has 1 aromatic rings. The highest BCUT2D eigenvalue weighted by Crippen LogP contribution is 2.35. The van der Waals surface area contributed by atoms with Crippen LogP contribution in [0.4, 0.5) is 11.4 Å². The van der Waals surface area contributed by atoms with Crippen molar-refractivity contribution in [1.29, 1.82) is 0 Å². The van der Waals surface area contributed by atoms with Gasteiger partial charge >= 0.3 is 11.8 Å². The fraction of sp³-hybridized carbons (Fsp3) is 0.636. The number of anilines is 2. The van der Waals surface area contributed by atoms with Crippen LogP contribution in [-0.2, 0) is 19.6 Å². The molecule has 32 heavy (non-hydrogen) atoms. The van der Waals surface area contributed by atoms with Gasteiger partial charge in [0.2, 0.25) is 10.0 Å². The zero-order valence-electron chi connectivity index (χ0n) is 19.4. The van der Waals surface area contributed by atoms with Crippen molar-refractivity contribution in [3.63, 3.8) is 0 Å². The molecular weight excluding hydrogens is 432 g/mol. The van der Waals surface area contributed by atoms with E-state index in [4.69, 9.17) is 4.74 Å². The van der Waals surface area contributed by atoms with Crippen molar-refractivity contribution in [3.05, 3.63) is 18.2 Å². The Morgan fingerprint density at radius 3 is 2.34 bits per heavy atom. The van der Waals surface area contributed by atoms with E-state index >= 15 is 0 Å². The van der Waals surface area contributed by atoms with Gasteiger partial charge < -0.3 is 20.7 Å². The Morgan fingerprint density at radius 1 is 1.09 bits per heavy atom. The van der Waals surface area contributed by atoms with Crippen LogP contribution in [0.25, 0.3) is 0 Å². The van der Waals surface area contributed by atoms with Gasteiger partial charge in [0, 0.05) is 29.4 Å². The Morgan fingerprint density at radius 2 is 1.75 bits per heavy atom. The summed E-state index contributed by atoms with van der Waals surface area (Å²) >= 11 is 0. The lowest BCUT2D eigenvalue weighted by Crippen LogP contribution is -2.62. The number of benzene rings is 1. The molecule has 10 heteroatoms. The predicted octanol–water partition coefficient (Wildman–Crippen LogP) is 1.99. The van der Waals surface area contributed by atoms with Crippen molar-refractivity contribution in [2.75, 3.05) is 29.0 Å². The minimum absolute atomic E-state index is 0.0675. The van der Waals surface area contributed by atoms with Crippen molar-refractivity contribution in [1.82, 2.24) is 10.6 Å². The lowest BCUT2D eigenvalue weighted by atomic mass is 9.79. The molecule has 2 fully saturated rings. The summed E-state index contributed by atoms with van der Waals surface area (Å²) in [5.74, 6) is -1.06. The predicted molar refractivity (Wildman–Crippen MR) is 124 cm³/mol. The molecule has 0 unspecified atom stereocenters. The summed E-state index contributed by atoms with van der Waals surface area (Å²) in [4.78, 5) is 25.2. The van der Waals surface area contributed by atoms with Crippen molar-refractivity contribution >= 4 is 33.2 Å². The average Bonchev–Trinajstić information content (AvgIpc) is 2.65. The third-order valence-electron chi connectivity index (χ3n) is 5.79. The number of sulfonamides is 1. The number of carbonyl (C=O) groups is 2. The zero-order valence-corrected chi connectivity index (χ0v) is 20.3. The molecule has 2 heterocycles. The highest BCUT2D eigenvalue weighted by atomic mass is 32.2. The van der Waals surface area contributed by atoms with E-state index in [9.17, 15) is 18.0 Å². The number of ether oxygens (including phenoxy) is 1. The summed E-state index contributed by atoms with van der Waals surface area (Å²) in [7, 11) is -2.00. The molecule has 0 spiro atoms. The van der Waals surface area contributed by atoms with Crippen LogP contribution < -0.4 is 25.0 Å². The van der Waals surface area contributed by atoms with Crippen LogP contribution in [0.3, 0.4) is 0 Å². The minimum atomic E-state index is -3.46. The Kier molecular flexibility index (Phi) is 6.76. The van der Waals surface area contributed by atoms with E-state index in [1.807, 2.05) is 0 Å². The van der Waals surface area contributed by atoms with Gasteiger partial charge in [0.25, 0.3) is 0 Å². The SMILES string of the molecule is COc1ccc(NC(=O)C(=O)NC2CC(C)(C)NC(C)(C)C2)cc1N1CCCCS1(=O)=O. The van der Waals surface area contributed by atoms with E-state index < -0.39 is 21.8 Å². The quantitative estimate of drug-likeness (QED) is 0.585. The second-order valence-corrected chi connectivity index (χ2v) is 11.9. The van der Waals surface area contributed by atoms with Crippen LogP contribution in [0.1, 0.15) is 53.4 Å². The normalized spacial score (nSPS) is 22.1. The van der Waals surface area contributed by atoms with Crippen molar-refractivity contribution in [3.8, 4) is 5.75 Å². The lowest BCUT2D eigenvalue weighted by molar-refractivity contribution is -0.137. The third-order valence-corrected chi connectivity index (χ3v) is 7.64. The highest BCUT2D eigenvalue weighted by Gasteiger charge is 2.38. The third kappa shape index (κ3) is 5.72. The molecule has 2 aliphatic heterocycles. The summed E-state index contributed by atoms with van der Waals surface area (Å²) < 4.78 is 31.7. The van der Waals surface area contributed by atoms with Gasteiger partial charge in [-0.1, -0.05) is 0 Å². The number of nitrogens with zero attached hydrogens (tertiary/aromatic N) is 1. The standard InChI is InChI=1S/C22H34N4O5S/c1-21(2)13-16(14-22(3,4)25-21)24-20(28)19(27)23-15-8-9-18(31-5)17(12-15)26-10-6-7-11-32(26,29)30/h8-9,12,16,25H,6-7,10-11,13-14H2,1-5H3,(H,23,27)(H,24,28). The van der Waals surface area contributed by atoms with Gasteiger partial charge in [-0.05, 0) is 71.6 Å². The first kappa shape index (κ1) is 24.3. The molecule has 2 aliphatic rings. The van der Waals surface area contributed by atoms with Crippen LogP contribution in [0.2, 0.25) is 0 Å². The molecule has 9 nitrogen and oxygen atoms in total. The first-order chi connectivity index (χ1) is 14.8. The summed E-state index contributed by atoms with van der Waals surface area (Å²) in [6.07, 6.45) is 2.76. The topological polar surface area (TPSA) is 117 Å². The molecule has 178 valence electrons. The Bertz CT molecular complexity index is 974. The second-order valence-electron chi connectivity index (χ2n) is 9.91. The van der Waals surface area contributed by atoms with Gasteiger partial charge in [-0.25, -0.2) is 8.42 Å². The van der Waals surface area contributed by atoms with Gasteiger partial charge in [0.1, 0.15) is 5.75 Å². The molecule has 0 aliphatic carbocycles. The summed E-state index contributed by atoms with van der Waals surface area (Å²) in [5.41, 5.74) is 0.349. The molecule has 0 aromatic heterocycles. The fourth-order valence-electron chi connectivity index (χ4n) is 4.89. The minimum Gasteiger partial charge on any atom is -0.495 e. The van der Waals surface area contributed by atoms with E-state index in [1.165, 1.54) is 17.5 Å². The molecule has 0 atom stereocenters. The average molecular weight is 467 g/mol. The maximum absolute atomic E-state index is 12.6. The van der Waals surface area contributed by atoms with Crippen molar-refractivity contribution in [2.24, 2.45) is 0 Å². The van der Waals surface area contributed by atoms with Crippen molar-refractivity contribution < 1.29 is 22.7 Å². The molecule has 3 rings (SSSR count). The fourth-order valence-corrected chi connectivity index (χ4v) is 6.52. The first-order valence-corrected chi connectivity index (χ1v) is 12.5. The van der Waals surface area contributed by atoms with Crippen molar-refractivity contribution in [2.45, 2.75) is 70.5 Å².